The predicted molar refractivity (Wildman–Crippen MR) is 174 cm³/mol. The van der Waals surface area contributed by atoms with Gasteiger partial charge in [0, 0.05) is 5.96 Å². The molecule has 0 aliphatic rings. The van der Waals surface area contributed by atoms with E-state index in [1.165, 1.54) is 22.3 Å². The summed E-state index contributed by atoms with van der Waals surface area (Å²) in [7, 11) is 0. The molecule has 4 rings (SSSR count). The molecule has 0 fully saturated rings. The van der Waals surface area contributed by atoms with Gasteiger partial charge in [-0.25, -0.2) is 0 Å². The second-order valence-corrected chi connectivity index (χ2v) is 9.24. The van der Waals surface area contributed by atoms with Crippen LogP contribution in [-0.2, 0) is 21.7 Å². The zero-order valence-corrected chi connectivity index (χ0v) is 27.0. The maximum absolute atomic E-state index is 11.1. The Balaban J connectivity index is 0.000000775. The Bertz CT molecular complexity index is 1130. The van der Waals surface area contributed by atoms with Crippen molar-refractivity contribution in [2.75, 3.05) is 22.9 Å². The summed E-state index contributed by atoms with van der Waals surface area (Å²) in [5.74, 6) is 0.287. The van der Waals surface area contributed by atoms with Crippen LogP contribution in [0.1, 0.15) is 47.2 Å². The van der Waals surface area contributed by atoms with Crippen molar-refractivity contribution in [1.29, 1.82) is 0 Å². The SMILES string of the molecule is CCN(C(=[N-])N(CC)c1c(C)cccc1C)c1c(C)cccc1C.[CH2-]c1ccccc1.[CH2-]c1ccccc1.[CH3-].[Ti+4]. The molecule has 0 aliphatic heterocycles. The zero-order valence-electron chi connectivity index (χ0n) is 25.4. The molecule has 0 spiro atoms. The molecule has 0 aromatic heterocycles. The van der Waals surface area contributed by atoms with Gasteiger partial charge in [0.05, 0.1) is 0 Å². The molecule has 3 nitrogen and oxygen atoms in total. The first-order valence-corrected chi connectivity index (χ1v) is 13.2. The second kappa shape index (κ2) is 18.8. The van der Waals surface area contributed by atoms with Crippen LogP contribution in [0.2, 0.25) is 0 Å². The molecule has 4 heteroatoms. The normalized spacial score (nSPS) is 9.35. The van der Waals surface area contributed by atoms with Gasteiger partial charge in [0.15, 0.2) is 0 Å². The first-order chi connectivity index (χ1) is 18.2. The first-order valence-electron chi connectivity index (χ1n) is 13.2. The topological polar surface area (TPSA) is 28.8 Å². The minimum atomic E-state index is 0. The Kier molecular flexibility index (Phi) is 17.2. The molecule has 0 saturated heterocycles. The molecular formula is C36H45N3Ti. The average molecular weight is 568 g/mol. The Morgan fingerprint density at radius 3 is 1.02 bits per heavy atom. The van der Waals surface area contributed by atoms with Crippen LogP contribution in [-0.4, -0.2) is 19.0 Å². The van der Waals surface area contributed by atoms with E-state index in [-0.39, 0.29) is 35.1 Å². The summed E-state index contributed by atoms with van der Waals surface area (Å²) < 4.78 is 0. The summed E-state index contributed by atoms with van der Waals surface area (Å²) in [6, 6.07) is 32.2. The molecule has 0 saturated carbocycles. The van der Waals surface area contributed by atoms with Crippen LogP contribution in [0, 0.1) is 49.0 Å². The van der Waals surface area contributed by atoms with E-state index >= 15 is 0 Å². The summed E-state index contributed by atoms with van der Waals surface area (Å²) in [5, 5.41) is 11.1. The van der Waals surface area contributed by atoms with E-state index in [9.17, 15) is 5.41 Å². The minimum absolute atomic E-state index is 0. The summed E-state index contributed by atoms with van der Waals surface area (Å²) in [6.45, 7) is 21.4. The molecule has 0 N–H and O–H groups in total. The van der Waals surface area contributed by atoms with E-state index in [1.807, 2.05) is 70.5 Å². The number of hydrogen-bond donors (Lipinski definition) is 0. The number of rotatable bonds is 4. The van der Waals surface area contributed by atoms with Gasteiger partial charge in [-0.2, -0.15) is 49.2 Å². The summed E-state index contributed by atoms with van der Waals surface area (Å²) in [6.07, 6.45) is 0. The van der Waals surface area contributed by atoms with Crippen molar-refractivity contribution in [3.63, 3.8) is 0 Å². The third-order valence-corrected chi connectivity index (χ3v) is 6.22. The van der Waals surface area contributed by atoms with Crippen LogP contribution in [0.4, 0.5) is 11.4 Å². The Morgan fingerprint density at radius 2 is 0.825 bits per heavy atom. The molecule has 0 aliphatic carbocycles. The minimum Gasteiger partial charge on any atom is -0.398 e. The fraction of sp³-hybridized carbons (Fsp3) is 0.222. The Morgan fingerprint density at radius 1 is 0.550 bits per heavy atom. The molecule has 4 aromatic rings. The molecular weight excluding hydrogens is 522 g/mol. The van der Waals surface area contributed by atoms with Crippen molar-refractivity contribution >= 4 is 17.3 Å². The fourth-order valence-electron chi connectivity index (χ4n) is 4.36. The Labute approximate surface area is 259 Å². The monoisotopic (exact) mass is 567 g/mol. The molecule has 4 aromatic carbocycles. The molecule has 0 heterocycles. The van der Waals surface area contributed by atoms with E-state index in [0.29, 0.717) is 13.1 Å². The van der Waals surface area contributed by atoms with E-state index in [2.05, 4.69) is 91.8 Å². The molecule has 0 radical (unpaired) electrons. The van der Waals surface area contributed by atoms with E-state index < -0.39 is 0 Å². The molecule has 0 amide bonds. The summed E-state index contributed by atoms with van der Waals surface area (Å²) in [4.78, 5) is 4.00. The van der Waals surface area contributed by atoms with Crippen molar-refractivity contribution in [2.24, 2.45) is 0 Å². The van der Waals surface area contributed by atoms with Gasteiger partial charge in [-0.1, -0.05) is 62.4 Å². The number of para-hydroxylation sites is 2. The van der Waals surface area contributed by atoms with Gasteiger partial charge >= 0.3 is 21.7 Å². The van der Waals surface area contributed by atoms with Gasteiger partial charge < -0.3 is 22.6 Å². The number of guanidine groups is 1. The summed E-state index contributed by atoms with van der Waals surface area (Å²) in [5.41, 5.74) is 8.98. The molecule has 0 unspecified atom stereocenters. The van der Waals surface area contributed by atoms with Gasteiger partial charge in [-0.3, -0.25) is 0 Å². The van der Waals surface area contributed by atoms with E-state index in [4.69, 9.17) is 0 Å². The maximum atomic E-state index is 11.1. The number of nitrogens with zero attached hydrogens (tertiary/aromatic N) is 3. The summed E-state index contributed by atoms with van der Waals surface area (Å²) >= 11 is 0. The van der Waals surface area contributed by atoms with Crippen molar-refractivity contribution in [1.82, 2.24) is 0 Å². The smallest absolute Gasteiger partial charge is 0.398 e. The van der Waals surface area contributed by atoms with Gasteiger partial charge in [0.2, 0.25) is 0 Å². The number of benzene rings is 4. The van der Waals surface area contributed by atoms with Gasteiger partial charge in [-0.15, -0.1) is 24.3 Å². The van der Waals surface area contributed by atoms with E-state index in [0.717, 1.165) is 22.5 Å². The van der Waals surface area contributed by atoms with Crippen molar-refractivity contribution < 1.29 is 21.7 Å². The fourth-order valence-corrected chi connectivity index (χ4v) is 4.36. The Hall–Kier alpha value is -3.40. The molecule has 0 bridgehead atoms. The van der Waals surface area contributed by atoms with Crippen molar-refractivity contribution in [3.05, 3.63) is 157 Å². The first kappa shape index (κ1) is 36.6. The number of hydrogen-bond acceptors (Lipinski definition) is 0. The second-order valence-electron chi connectivity index (χ2n) is 9.24. The number of aryl methyl sites for hydroxylation is 4. The van der Waals surface area contributed by atoms with Gasteiger partial charge in [0.25, 0.3) is 0 Å². The average Bonchev–Trinajstić information content (AvgIpc) is 2.90. The molecule has 40 heavy (non-hydrogen) atoms. The molecule has 208 valence electrons. The van der Waals surface area contributed by atoms with Crippen molar-refractivity contribution in [3.8, 4) is 0 Å². The number of anilines is 2. The maximum Gasteiger partial charge on any atom is 4.00 e. The van der Waals surface area contributed by atoms with Crippen LogP contribution in [0.25, 0.3) is 5.41 Å². The van der Waals surface area contributed by atoms with Gasteiger partial charge in [0.1, 0.15) is 0 Å². The third kappa shape index (κ3) is 10.6. The van der Waals surface area contributed by atoms with Crippen LogP contribution in [0.15, 0.2) is 97.1 Å². The standard InChI is InChI=1S/C21H28N3.2C7H7.CH3.Ti/c1-7-23(19-15(3)11-9-12-16(19)4)21(22)24(8-2)20-17(5)13-10-14-18(20)6;2*1-7-5-3-2-4-6-7;;/h9-14H,7-8H2,1-6H3;2*2-6H,1H2;1H3;/q4*-1;+4. The van der Waals surface area contributed by atoms with Crippen LogP contribution in [0.3, 0.4) is 0 Å². The van der Waals surface area contributed by atoms with Crippen LogP contribution in [0.5, 0.6) is 0 Å². The van der Waals surface area contributed by atoms with E-state index in [1.54, 1.807) is 0 Å². The third-order valence-electron chi connectivity index (χ3n) is 6.22. The molecule has 0 atom stereocenters. The van der Waals surface area contributed by atoms with Gasteiger partial charge in [-0.05, 0) is 74.4 Å². The predicted octanol–water partition coefficient (Wildman–Crippen LogP) is 9.38. The van der Waals surface area contributed by atoms with Crippen LogP contribution < -0.4 is 9.80 Å². The van der Waals surface area contributed by atoms with Crippen LogP contribution >= 0.6 is 0 Å². The zero-order chi connectivity index (χ0) is 28.1. The van der Waals surface area contributed by atoms with Crippen molar-refractivity contribution in [2.45, 2.75) is 41.5 Å². The quantitative estimate of drug-likeness (QED) is 0.106. The largest absolute Gasteiger partial charge is 4.00 e.